The highest BCUT2D eigenvalue weighted by Gasteiger charge is 2.35. The fourth-order valence-electron chi connectivity index (χ4n) is 5.69. The van der Waals surface area contributed by atoms with Crippen LogP contribution in [0.2, 0.25) is 0 Å². The molecule has 11 heteroatoms. The smallest absolute Gasteiger partial charge is 0.264 e. The molecule has 1 atom stereocenters. The minimum absolute atomic E-state index is 0.0728. The molecule has 46 heavy (non-hydrogen) atoms. The van der Waals surface area contributed by atoms with Crippen LogP contribution in [0.25, 0.3) is 0 Å². The van der Waals surface area contributed by atoms with Gasteiger partial charge in [0.25, 0.3) is 10.0 Å². The number of hydrogen-bond donors (Lipinski definition) is 1. The van der Waals surface area contributed by atoms with E-state index in [0.29, 0.717) is 24.5 Å². The first-order chi connectivity index (χ1) is 22.1. The number of rotatable bonds is 15. The van der Waals surface area contributed by atoms with Crippen LogP contribution in [0.1, 0.15) is 57.1 Å². The molecule has 0 aliphatic heterocycles. The Bertz CT molecular complexity index is 1570. The molecule has 10 nitrogen and oxygen atoms in total. The Morgan fingerprint density at radius 3 is 2.15 bits per heavy atom. The lowest BCUT2D eigenvalue weighted by Crippen LogP contribution is -2.53. The zero-order chi connectivity index (χ0) is 33.3. The van der Waals surface area contributed by atoms with Crippen LogP contribution in [0.3, 0.4) is 0 Å². The van der Waals surface area contributed by atoms with E-state index >= 15 is 0 Å². The van der Waals surface area contributed by atoms with Crippen molar-refractivity contribution < 1.29 is 32.2 Å². The molecule has 248 valence electrons. The van der Waals surface area contributed by atoms with Crippen molar-refractivity contribution in [3.8, 4) is 17.2 Å². The Labute approximate surface area is 272 Å². The van der Waals surface area contributed by atoms with Gasteiger partial charge >= 0.3 is 0 Å². The van der Waals surface area contributed by atoms with Crippen molar-refractivity contribution >= 4 is 27.5 Å². The average Bonchev–Trinajstić information content (AvgIpc) is 3.57. The van der Waals surface area contributed by atoms with Gasteiger partial charge in [-0.15, -0.1) is 0 Å². The van der Waals surface area contributed by atoms with E-state index in [2.05, 4.69) is 5.32 Å². The van der Waals surface area contributed by atoms with E-state index < -0.39 is 28.5 Å². The van der Waals surface area contributed by atoms with E-state index in [-0.39, 0.29) is 34.8 Å². The van der Waals surface area contributed by atoms with Gasteiger partial charge in [-0.3, -0.25) is 13.9 Å². The highest BCUT2D eigenvalue weighted by atomic mass is 32.2. The predicted molar refractivity (Wildman–Crippen MR) is 178 cm³/mol. The van der Waals surface area contributed by atoms with Crippen LogP contribution in [0.5, 0.6) is 17.2 Å². The first kappa shape index (κ1) is 34.6. The summed E-state index contributed by atoms with van der Waals surface area (Å²) in [6.45, 7) is 5.74. The number of methoxy groups -OCH3 is 2. The lowest BCUT2D eigenvalue weighted by atomic mass is 10.1. The Morgan fingerprint density at radius 2 is 1.57 bits per heavy atom. The minimum Gasteiger partial charge on any atom is -0.494 e. The highest BCUT2D eigenvalue weighted by molar-refractivity contribution is 7.92. The molecule has 1 aliphatic carbocycles. The molecule has 0 spiro atoms. The normalized spacial score (nSPS) is 13.9. The van der Waals surface area contributed by atoms with Crippen LogP contribution in [0.4, 0.5) is 5.69 Å². The second-order valence-corrected chi connectivity index (χ2v) is 13.2. The number of benzene rings is 3. The Hall–Kier alpha value is -4.25. The molecule has 1 fully saturated rings. The van der Waals surface area contributed by atoms with E-state index in [1.807, 2.05) is 45.0 Å². The molecular formula is C35H45N3O7S. The number of amides is 2. The van der Waals surface area contributed by atoms with Gasteiger partial charge in [-0.25, -0.2) is 8.42 Å². The second kappa shape index (κ2) is 15.8. The fourth-order valence-corrected chi connectivity index (χ4v) is 7.12. The van der Waals surface area contributed by atoms with Crippen LogP contribution in [-0.4, -0.2) is 64.6 Å². The van der Waals surface area contributed by atoms with Crippen molar-refractivity contribution in [3.05, 3.63) is 77.9 Å². The van der Waals surface area contributed by atoms with Crippen LogP contribution in [0.15, 0.2) is 71.6 Å². The fraction of sp³-hybridized carbons (Fsp3) is 0.429. The Balaban J connectivity index is 1.74. The Kier molecular flexibility index (Phi) is 11.9. The number of hydrogen-bond acceptors (Lipinski definition) is 7. The number of carbonyl (C=O) groups excluding carboxylic acids is 2. The summed E-state index contributed by atoms with van der Waals surface area (Å²) < 4.78 is 46.0. The van der Waals surface area contributed by atoms with Gasteiger partial charge in [-0.2, -0.15) is 0 Å². The van der Waals surface area contributed by atoms with Gasteiger partial charge < -0.3 is 24.4 Å². The van der Waals surface area contributed by atoms with Crippen molar-refractivity contribution in [1.82, 2.24) is 10.2 Å². The SMILES string of the molecule is CCOc1ccc(N(CC(=O)N(Cc2ccc(C)cc2)[C@@H](CC)C(=O)NC2CCCC2)S(=O)(=O)c2ccc(OC)c(OC)c2)cc1. The molecule has 3 aromatic carbocycles. The lowest BCUT2D eigenvalue weighted by Gasteiger charge is -2.34. The molecule has 0 heterocycles. The van der Waals surface area contributed by atoms with Crippen LogP contribution < -0.4 is 23.8 Å². The van der Waals surface area contributed by atoms with Crippen molar-refractivity contribution in [2.24, 2.45) is 0 Å². The number of sulfonamides is 1. The van der Waals surface area contributed by atoms with Gasteiger partial charge in [-0.1, -0.05) is 49.6 Å². The number of aryl methyl sites for hydroxylation is 1. The molecule has 2 amide bonds. The molecule has 1 N–H and O–H groups in total. The maximum Gasteiger partial charge on any atom is 0.264 e. The van der Waals surface area contributed by atoms with Gasteiger partial charge in [0.2, 0.25) is 11.8 Å². The third-order valence-corrected chi connectivity index (χ3v) is 9.99. The molecule has 0 unspecified atom stereocenters. The van der Waals surface area contributed by atoms with Gasteiger partial charge in [0.05, 0.1) is 31.4 Å². The molecule has 0 bridgehead atoms. The molecule has 0 radical (unpaired) electrons. The number of carbonyl (C=O) groups is 2. The maximum atomic E-state index is 14.4. The quantitative estimate of drug-likeness (QED) is 0.232. The Morgan fingerprint density at radius 1 is 0.913 bits per heavy atom. The minimum atomic E-state index is -4.31. The zero-order valence-corrected chi connectivity index (χ0v) is 28.1. The maximum absolute atomic E-state index is 14.4. The van der Waals surface area contributed by atoms with E-state index in [4.69, 9.17) is 14.2 Å². The van der Waals surface area contributed by atoms with Crippen molar-refractivity contribution in [2.75, 3.05) is 31.7 Å². The second-order valence-electron chi connectivity index (χ2n) is 11.4. The summed E-state index contributed by atoms with van der Waals surface area (Å²) in [5.74, 6) is 0.430. The number of ether oxygens (including phenoxy) is 3. The van der Waals surface area contributed by atoms with Crippen LogP contribution in [-0.2, 0) is 26.2 Å². The summed E-state index contributed by atoms with van der Waals surface area (Å²) in [5, 5.41) is 3.14. The third-order valence-electron chi connectivity index (χ3n) is 8.22. The van der Waals surface area contributed by atoms with Crippen molar-refractivity contribution in [2.45, 2.75) is 76.4 Å². The summed E-state index contributed by atoms with van der Waals surface area (Å²) in [6, 6.07) is 17.8. The summed E-state index contributed by atoms with van der Waals surface area (Å²) in [4.78, 5) is 29.4. The van der Waals surface area contributed by atoms with Gasteiger partial charge in [0, 0.05) is 18.7 Å². The highest BCUT2D eigenvalue weighted by Crippen LogP contribution is 2.33. The van der Waals surface area contributed by atoms with E-state index in [1.165, 1.54) is 37.3 Å². The summed E-state index contributed by atoms with van der Waals surface area (Å²) in [5.41, 5.74) is 2.17. The lowest BCUT2D eigenvalue weighted by molar-refractivity contribution is -0.140. The monoisotopic (exact) mass is 651 g/mol. The summed E-state index contributed by atoms with van der Waals surface area (Å²) in [7, 11) is -1.42. The molecule has 4 rings (SSSR count). The topological polar surface area (TPSA) is 114 Å². The van der Waals surface area contributed by atoms with Gasteiger partial charge in [0.1, 0.15) is 18.3 Å². The zero-order valence-electron chi connectivity index (χ0n) is 27.3. The first-order valence-electron chi connectivity index (χ1n) is 15.7. The number of anilines is 1. The van der Waals surface area contributed by atoms with Gasteiger partial charge in [-0.05, 0) is 75.1 Å². The molecule has 3 aromatic rings. The molecule has 0 aromatic heterocycles. The first-order valence-corrected chi connectivity index (χ1v) is 17.2. The summed E-state index contributed by atoms with van der Waals surface area (Å²) in [6.07, 6.45) is 4.28. The standard InChI is InChI=1S/C35H45N3O7S/c1-6-31(35(40)36-27-10-8-9-11-27)37(23-26-14-12-25(3)13-15-26)34(39)24-38(28-16-18-29(19-17-28)45-7-2)46(41,42)30-20-21-32(43-4)33(22-30)44-5/h12-22,27,31H,6-11,23-24H2,1-5H3,(H,36,40)/t31-/m0/s1. The van der Waals surface area contributed by atoms with E-state index in [9.17, 15) is 18.0 Å². The average molecular weight is 652 g/mol. The number of nitrogens with zero attached hydrogens (tertiary/aromatic N) is 2. The van der Waals surface area contributed by atoms with Crippen molar-refractivity contribution in [3.63, 3.8) is 0 Å². The molecule has 1 aliphatic rings. The molecule has 1 saturated carbocycles. The summed E-state index contributed by atoms with van der Waals surface area (Å²) >= 11 is 0. The van der Waals surface area contributed by atoms with E-state index in [0.717, 1.165) is 41.1 Å². The molecule has 0 saturated heterocycles. The van der Waals surface area contributed by atoms with Gasteiger partial charge in [0.15, 0.2) is 11.5 Å². The largest absolute Gasteiger partial charge is 0.494 e. The third kappa shape index (κ3) is 8.31. The van der Waals surface area contributed by atoms with E-state index in [1.54, 1.807) is 24.3 Å². The molecular weight excluding hydrogens is 606 g/mol. The van der Waals surface area contributed by atoms with Crippen LogP contribution in [0, 0.1) is 6.92 Å². The number of nitrogens with one attached hydrogen (secondary N) is 1. The predicted octanol–water partition coefficient (Wildman–Crippen LogP) is 5.47. The van der Waals surface area contributed by atoms with Crippen molar-refractivity contribution in [1.29, 1.82) is 0 Å². The van der Waals surface area contributed by atoms with Crippen LogP contribution >= 0.6 is 0 Å².